The quantitative estimate of drug-likeness (QED) is 0.0823. The lowest BCUT2D eigenvalue weighted by molar-refractivity contribution is -0.231. The van der Waals surface area contributed by atoms with Crippen molar-refractivity contribution in [1.29, 1.82) is 0 Å². The molecule has 0 unspecified atom stereocenters. The van der Waals surface area contributed by atoms with Gasteiger partial charge in [-0.25, -0.2) is 27.2 Å². The van der Waals surface area contributed by atoms with Gasteiger partial charge >= 0.3 is 11.4 Å². The summed E-state index contributed by atoms with van der Waals surface area (Å²) in [7, 11) is 4.03. The molecule has 0 bridgehead atoms. The lowest BCUT2D eigenvalue weighted by Gasteiger charge is -2.40. The highest BCUT2D eigenvalue weighted by Crippen LogP contribution is 2.49. The molecule has 3 fully saturated rings. The topological polar surface area (TPSA) is 246 Å². The van der Waals surface area contributed by atoms with Crippen LogP contribution in [0.25, 0.3) is 0 Å². The maximum absolute atomic E-state index is 16.4. The third kappa shape index (κ3) is 10.8. The lowest BCUT2D eigenvalue weighted by atomic mass is 9.79. The van der Waals surface area contributed by atoms with Crippen molar-refractivity contribution in [3.63, 3.8) is 0 Å². The highest BCUT2D eigenvalue weighted by atomic mass is 19.2. The van der Waals surface area contributed by atoms with Gasteiger partial charge in [0.05, 0.1) is 14.2 Å². The molecule has 0 saturated carbocycles. The normalized spacial score (nSPS) is 25.6. The van der Waals surface area contributed by atoms with Gasteiger partial charge in [0.25, 0.3) is 22.8 Å². The standard InChI is InChI=1S/C30H28F2N2O7.C9H10F2N2O5.C4H8O.CH4O/c1-38-22-12-8-20(9-13-22)30(19-6-4-3-5-7-19,21-10-14-23(39-2)15-11-21)40-26-25(31)27(41-29(26,32)18-35)34-17-16-24(36)33-28(34)37;10-5-6(16)9(11,3-14)18-7(5)13-2-1-4(15)12-8(13)17;1-2-4-5-3-1;1-2/h3-17,25-27,35H,18H2,1-2H3,(H,33,36,37);1-2,5-7,14,16H,3H2,(H,12,15,17);1-4H2;2H,1H3/t25-,26+,27-,29-;5-,6+,7-,9-;;/m11../s1. The Morgan fingerprint density at radius 1 is 0.667 bits per heavy atom. The average Bonchev–Trinajstić information content (AvgIpc) is 4.06. The summed E-state index contributed by atoms with van der Waals surface area (Å²) in [6.45, 7) is -0.536. The summed E-state index contributed by atoms with van der Waals surface area (Å²) < 4.78 is 93.3. The lowest BCUT2D eigenvalue weighted by Crippen LogP contribution is -2.49. The Kier molecular flexibility index (Phi) is 17.4. The maximum atomic E-state index is 16.4. The van der Waals surface area contributed by atoms with Crippen molar-refractivity contribution in [2.24, 2.45) is 0 Å². The zero-order valence-electron chi connectivity index (χ0n) is 35.8. The van der Waals surface area contributed by atoms with E-state index in [-0.39, 0.29) is 0 Å². The van der Waals surface area contributed by atoms with Crippen LogP contribution >= 0.6 is 0 Å². The summed E-state index contributed by atoms with van der Waals surface area (Å²) in [5.41, 5.74) is -3.58. The second-order valence-corrected chi connectivity index (χ2v) is 14.6. The molecule has 0 spiro atoms. The van der Waals surface area contributed by atoms with E-state index in [0.717, 1.165) is 44.8 Å². The van der Waals surface area contributed by atoms with Crippen LogP contribution in [0.5, 0.6) is 11.5 Å². The van der Waals surface area contributed by atoms with Gasteiger partial charge in [0.1, 0.15) is 30.3 Å². The van der Waals surface area contributed by atoms with Crippen LogP contribution in [0.3, 0.4) is 0 Å². The van der Waals surface area contributed by atoms with Crippen molar-refractivity contribution in [1.82, 2.24) is 19.1 Å². The molecule has 2 aromatic heterocycles. The molecule has 18 nitrogen and oxygen atoms in total. The number of aliphatic hydroxyl groups excluding tert-OH is 4. The number of hydrogen-bond donors (Lipinski definition) is 6. The Morgan fingerprint density at radius 2 is 1.09 bits per heavy atom. The van der Waals surface area contributed by atoms with Gasteiger partial charge < -0.3 is 48.8 Å². The summed E-state index contributed by atoms with van der Waals surface area (Å²) in [5.74, 6) is -4.96. The molecule has 66 heavy (non-hydrogen) atoms. The van der Waals surface area contributed by atoms with Crippen molar-refractivity contribution < 1.29 is 66.4 Å². The molecular formula is C44H50F4N4O14. The number of aromatic nitrogens is 4. The fourth-order valence-corrected chi connectivity index (χ4v) is 7.27. The first-order valence-electron chi connectivity index (χ1n) is 20.2. The second-order valence-electron chi connectivity index (χ2n) is 14.6. The van der Waals surface area contributed by atoms with Crippen molar-refractivity contribution in [3.05, 3.63) is 162 Å². The largest absolute Gasteiger partial charge is 0.497 e. The summed E-state index contributed by atoms with van der Waals surface area (Å²) in [4.78, 5) is 50.1. The van der Waals surface area contributed by atoms with E-state index in [2.05, 4.69) is 4.74 Å². The first-order valence-corrected chi connectivity index (χ1v) is 20.2. The van der Waals surface area contributed by atoms with Gasteiger partial charge in [0.2, 0.25) is 0 Å². The molecule has 6 N–H and O–H groups in total. The molecule has 0 amide bonds. The average molecular weight is 935 g/mol. The second kappa shape index (κ2) is 22.5. The molecule has 8 rings (SSSR count). The number of aliphatic hydroxyl groups is 4. The van der Waals surface area contributed by atoms with Crippen molar-refractivity contribution in [2.75, 3.05) is 47.8 Å². The first-order chi connectivity index (χ1) is 31.6. The Bertz CT molecular complexity index is 2490. The molecule has 5 aromatic rings. The minimum Gasteiger partial charge on any atom is -0.497 e. The number of benzene rings is 3. The fraction of sp³-hybridized carbons (Fsp3) is 0.409. The van der Waals surface area contributed by atoms with Crippen molar-refractivity contribution in [3.8, 4) is 11.5 Å². The molecule has 0 aliphatic carbocycles. The number of rotatable bonds is 11. The number of H-pyrrole nitrogens is 2. The van der Waals surface area contributed by atoms with Crippen LogP contribution in [-0.2, 0) is 24.5 Å². The van der Waals surface area contributed by atoms with E-state index in [9.17, 15) is 38.2 Å². The number of nitrogens with zero attached hydrogens (tertiary/aromatic N) is 2. The zero-order valence-corrected chi connectivity index (χ0v) is 35.8. The van der Waals surface area contributed by atoms with Crippen LogP contribution in [0.2, 0.25) is 0 Å². The molecule has 358 valence electrons. The molecular weight excluding hydrogens is 884 g/mol. The number of hydrogen-bond acceptors (Lipinski definition) is 14. The molecule has 3 saturated heterocycles. The van der Waals surface area contributed by atoms with Crippen LogP contribution in [0.15, 0.2) is 123 Å². The minimum atomic E-state index is -3.07. The van der Waals surface area contributed by atoms with Crippen LogP contribution in [0.1, 0.15) is 42.0 Å². The molecule has 3 aliphatic rings. The van der Waals surface area contributed by atoms with Gasteiger partial charge in [-0.05, 0) is 53.8 Å². The monoisotopic (exact) mass is 934 g/mol. The van der Waals surface area contributed by atoms with Crippen LogP contribution in [0, 0.1) is 0 Å². The summed E-state index contributed by atoms with van der Waals surface area (Å²) >= 11 is 0. The molecule has 3 aromatic carbocycles. The van der Waals surface area contributed by atoms with Crippen LogP contribution < -0.4 is 32.0 Å². The molecule has 0 radical (unpaired) electrons. The predicted molar refractivity (Wildman–Crippen MR) is 226 cm³/mol. The molecule has 8 atom stereocenters. The van der Waals surface area contributed by atoms with E-state index >= 15 is 8.78 Å². The van der Waals surface area contributed by atoms with Gasteiger partial charge in [-0.15, -0.1) is 0 Å². The van der Waals surface area contributed by atoms with E-state index in [1.807, 2.05) is 9.97 Å². The van der Waals surface area contributed by atoms with Crippen molar-refractivity contribution in [2.45, 2.75) is 67.2 Å². The Balaban J connectivity index is 0.000000268. The van der Waals surface area contributed by atoms with E-state index in [1.165, 1.54) is 27.1 Å². The third-order valence-electron chi connectivity index (χ3n) is 10.6. The van der Waals surface area contributed by atoms with Gasteiger partial charge in [0, 0.05) is 44.8 Å². The van der Waals surface area contributed by atoms with Gasteiger partial charge in [0.15, 0.2) is 37.0 Å². The summed E-state index contributed by atoms with van der Waals surface area (Å²) in [6.07, 6.45) is -7.97. The van der Waals surface area contributed by atoms with E-state index in [1.54, 1.807) is 78.9 Å². The van der Waals surface area contributed by atoms with Gasteiger partial charge in [-0.2, -0.15) is 0 Å². The molecule has 22 heteroatoms. The SMILES string of the molecule is C1CCOC1.CO.COc1ccc(C(O[C@H]2[C@@H](F)[C@H](n3ccc(=O)[nH]c3=O)O[C@]2(F)CO)(c2ccccc2)c2ccc(OC)cc2)cc1.O=c1ccn([C@@H]2O[C@](F)(CO)[C@@H](O)[C@H]2F)c(=O)[nH]1. The number of aromatic amines is 2. The highest BCUT2D eigenvalue weighted by Gasteiger charge is 2.61. The molecule has 5 heterocycles. The zero-order chi connectivity index (χ0) is 48.2. The van der Waals surface area contributed by atoms with Crippen LogP contribution in [0.4, 0.5) is 17.6 Å². The smallest absolute Gasteiger partial charge is 0.330 e. The van der Waals surface area contributed by atoms with E-state index < -0.39 is 90.0 Å². The van der Waals surface area contributed by atoms with Gasteiger partial charge in [-0.3, -0.25) is 28.7 Å². The molecule has 3 aliphatic heterocycles. The fourth-order valence-electron chi connectivity index (χ4n) is 7.27. The number of halogens is 4. The summed E-state index contributed by atoms with van der Waals surface area (Å²) in [6, 6.07) is 24.3. The number of methoxy groups -OCH3 is 2. The Morgan fingerprint density at radius 3 is 1.47 bits per heavy atom. The Hall–Kier alpha value is -5.98. The number of nitrogens with one attached hydrogen (secondary N) is 2. The van der Waals surface area contributed by atoms with Gasteiger partial charge in [-0.1, -0.05) is 54.6 Å². The Labute approximate surface area is 373 Å². The number of ether oxygens (including phenoxy) is 6. The van der Waals surface area contributed by atoms with Crippen molar-refractivity contribution >= 4 is 0 Å². The predicted octanol–water partition coefficient (Wildman–Crippen LogP) is 2.28. The maximum Gasteiger partial charge on any atom is 0.330 e. The van der Waals surface area contributed by atoms with Crippen LogP contribution in [-0.4, -0.2) is 124 Å². The van der Waals surface area contributed by atoms with E-state index in [0.29, 0.717) is 37.3 Å². The highest BCUT2D eigenvalue weighted by molar-refractivity contribution is 5.50. The minimum absolute atomic E-state index is 0.492. The number of alkyl halides is 4. The van der Waals surface area contributed by atoms with E-state index in [4.69, 9.17) is 33.9 Å². The summed E-state index contributed by atoms with van der Waals surface area (Å²) in [5, 5.41) is 35.1. The first kappa shape index (κ1) is 51.0. The third-order valence-corrected chi connectivity index (χ3v) is 10.6.